The molecule has 0 aromatic heterocycles. The van der Waals surface area contributed by atoms with Crippen molar-refractivity contribution in [1.29, 1.82) is 0 Å². The number of phenolic OH excluding ortho intramolecular Hbond substituents is 1. The van der Waals surface area contributed by atoms with E-state index in [1.165, 1.54) is 12.1 Å². The summed E-state index contributed by atoms with van der Waals surface area (Å²) in [6, 6.07) is 2.44. The van der Waals surface area contributed by atoms with Crippen LogP contribution < -0.4 is 11.1 Å². The summed E-state index contributed by atoms with van der Waals surface area (Å²) in [5.74, 6) is -2.04. The van der Waals surface area contributed by atoms with Gasteiger partial charge < -0.3 is 21.3 Å². The lowest BCUT2D eigenvalue weighted by molar-refractivity contribution is -0.138. The van der Waals surface area contributed by atoms with Crippen LogP contribution in [0, 0.1) is 0 Å². The Kier molecular flexibility index (Phi) is 4.39. The van der Waals surface area contributed by atoms with Gasteiger partial charge in [-0.2, -0.15) is 0 Å². The van der Waals surface area contributed by atoms with E-state index < -0.39 is 24.2 Å². The van der Waals surface area contributed by atoms with E-state index in [1.54, 1.807) is 0 Å². The van der Waals surface area contributed by atoms with Gasteiger partial charge in [0.25, 0.3) is 0 Å². The average molecular weight is 252 g/mol. The molecule has 0 heterocycles. The number of anilines is 1. The fraction of sp³-hybridized carbons (Fsp3) is 0.182. The Bertz CT molecular complexity index is 486. The number of carboxylic acid groups (broad SMARTS) is 1. The molecule has 0 fully saturated rings. The molecule has 1 unspecified atom stereocenters. The van der Waals surface area contributed by atoms with Crippen molar-refractivity contribution in [2.45, 2.75) is 12.5 Å². The van der Waals surface area contributed by atoms with Crippen molar-refractivity contribution in [3.05, 3.63) is 23.8 Å². The Balaban J connectivity index is 2.99. The third-order valence-electron chi connectivity index (χ3n) is 2.24. The van der Waals surface area contributed by atoms with Crippen molar-refractivity contribution < 1.29 is 24.6 Å². The molecule has 5 N–H and O–H groups in total. The Morgan fingerprint density at radius 2 is 2.11 bits per heavy atom. The van der Waals surface area contributed by atoms with E-state index in [2.05, 4.69) is 5.32 Å². The number of aliphatic carboxylic acids is 1. The van der Waals surface area contributed by atoms with Crippen molar-refractivity contribution in [1.82, 2.24) is 0 Å². The van der Waals surface area contributed by atoms with Crippen molar-refractivity contribution in [2.24, 2.45) is 5.73 Å². The summed E-state index contributed by atoms with van der Waals surface area (Å²) in [7, 11) is 0. The highest BCUT2D eigenvalue weighted by molar-refractivity contribution is 6.04. The van der Waals surface area contributed by atoms with E-state index in [9.17, 15) is 19.5 Å². The van der Waals surface area contributed by atoms with E-state index in [-0.39, 0.29) is 17.0 Å². The highest BCUT2D eigenvalue weighted by atomic mass is 16.4. The van der Waals surface area contributed by atoms with Crippen molar-refractivity contribution in [3.63, 3.8) is 0 Å². The highest BCUT2D eigenvalue weighted by Gasteiger charge is 2.20. The third kappa shape index (κ3) is 3.29. The van der Waals surface area contributed by atoms with E-state index >= 15 is 0 Å². The van der Waals surface area contributed by atoms with Crippen LogP contribution in [-0.4, -0.2) is 34.4 Å². The molecule has 0 bridgehead atoms. The molecular weight excluding hydrogens is 240 g/mol. The first-order chi connectivity index (χ1) is 8.45. The van der Waals surface area contributed by atoms with Crippen LogP contribution in [0.2, 0.25) is 0 Å². The number of aromatic hydroxyl groups is 1. The molecule has 1 rings (SSSR count). The van der Waals surface area contributed by atoms with Gasteiger partial charge in [-0.15, -0.1) is 0 Å². The molecule has 7 nitrogen and oxygen atoms in total. The van der Waals surface area contributed by atoms with Crippen LogP contribution in [0.15, 0.2) is 18.2 Å². The molecule has 0 spiro atoms. The van der Waals surface area contributed by atoms with Gasteiger partial charge in [-0.25, -0.2) is 0 Å². The van der Waals surface area contributed by atoms with E-state index in [0.29, 0.717) is 6.41 Å². The molecule has 0 saturated heterocycles. The summed E-state index contributed by atoms with van der Waals surface area (Å²) in [6.07, 6.45) is -0.0490. The minimum absolute atomic E-state index is 0.0128. The SMILES string of the molecule is NC(CC(=O)c1cc(O)ccc1NC=O)C(=O)O. The largest absolute Gasteiger partial charge is 0.508 e. The first kappa shape index (κ1) is 13.7. The van der Waals surface area contributed by atoms with Gasteiger partial charge in [-0.1, -0.05) is 0 Å². The Hall–Kier alpha value is -2.41. The molecular formula is C11H12N2O5. The number of carbonyl (C=O) groups excluding carboxylic acids is 2. The second-order valence-electron chi connectivity index (χ2n) is 3.56. The maximum Gasteiger partial charge on any atom is 0.320 e. The zero-order valence-electron chi connectivity index (χ0n) is 9.29. The number of nitrogens with two attached hydrogens (primary N) is 1. The Morgan fingerprint density at radius 1 is 1.44 bits per heavy atom. The maximum atomic E-state index is 11.8. The lowest BCUT2D eigenvalue weighted by Crippen LogP contribution is -2.32. The number of hydrogen-bond donors (Lipinski definition) is 4. The first-order valence-electron chi connectivity index (χ1n) is 5.00. The molecule has 7 heteroatoms. The Morgan fingerprint density at radius 3 is 2.67 bits per heavy atom. The number of amides is 1. The number of benzene rings is 1. The van der Waals surface area contributed by atoms with Crippen molar-refractivity contribution >= 4 is 23.9 Å². The van der Waals surface area contributed by atoms with Gasteiger partial charge in [-0.05, 0) is 18.2 Å². The molecule has 96 valence electrons. The number of phenols is 1. The number of nitrogens with one attached hydrogen (secondary N) is 1. The van der Waals surface area contributed by atoms with Crippen LogP contribution >= 0.6 is 0 Å². The molecule has 1 atom stereocenters. The molecule has 0 aliphatic heterocycles. The molecule has 0 radical (unpaired) electrons. The van der Waals surface area contributed by atoms with E-state index in [0.717, 1.165) is 6.07 Å². The third-order valence-corrected chi connectivity index (χ3v) is 2.24. The molecule has 0 aliphatic rings. The van der Waals surface area contributed by atoms with Crippen molar-refractivity contribution in [2.75, 3.05) is 5.32 Å². The van der Waals surface area contributed by atoms with Crippen LogP contribution in [0.5, 0.6) is 5.75 Å². The van der Waals surface area contributed by atoms with Crippen LogP contribution in [0.3, 0.4) is 0 Å². The number of rotatable bonds is 6. The molecule has 0 saturated carbocycles. The second kappa shape index (κ2) is 5.78. The smallest absolute Gasteiger partial charge is 0.320 e. The quantitative estimate of drug-likeness (QED) is 0.319. The van der Waals surface area contributed by atoms with E-state index in [4.69, 9.17) is 10.8 Å². The fourth-order valence-electron chi connectivity index (χ4n) is 1.35. The zero-order chi connectivity index (χ0) is 13.7. The lowest BCUT2D eigenvalue weighted by atomic mass is 10.0. The van der Waals surface area contributed by atoms with Gasteiger partial charge >= 0.3 is 5.97 Å². The number of hydrogen-bond acceptors (Lipinski definition) is 5. The summed E-state index contributed by atoms with van der Waals surface area (Å²) in [5, 5.41) is 20.2. The predicted octanol–water partition coefficient (Wildman–Crippen LogP) is -0.0548. The summed E-state index contributed by atoms with van der Waals surface area (Å²) < 4.78 is 0. The molecule has 0 aliphatic carbocycles. The van der Waals surface area contributed by atoms with Crippen LogP contribution in [-0.2, 0) is 9.59 Å². The first-order valence-corrected chi connectivity index (χ1v) is 5.00. The van der Waals surface area contributed by atoms with Gasteiger partial charge in [0.05, 0.1) is 5.69 Å². The molecule has 1 aromatic rings. The number of carboxylic acids is 1. The normalized spacial score (nSPS) is 11.6. The Labute approximate surface area is 102 Å². The second-order valence-corrected chi connectivity index (χ2v) is 3.56. The minimum Gasteiger partial charge on any atom is -0.508 e. The van der Waals surface area contributed by atoms with Gasteiger partial charge in [0.15, 0.2) is 5.78 Å². The summed E-state index contributed by atoms with van der Waals surface area (Å²) in [6.45, 7) is 0. The maximum absolute atomic E-state index is 11.8. The topological polar surface area (TPSA) is 130 Å². The minimum atomic E-state index is -1.33. The standard InChI is InChI=1S/C11H12N2O5/c12-8(11(17)18)4-10(16)7-3-6(15)1-2-9(7)13-5-14/h1-3,5,8,15H,4,12H2,(H,13,14)(H,17,18). The van der Waals surface area contributed by atoms with E-state index in [1.807, 2.05) is 0 Å². The molecule has 1 amide bonds. The van der Waals surface area contributed by atoms with Gasteiger partial charge in [0, 0.05) is 12.0 Å². The van der Waals surface area contributed by atoms with Gasteiger partial charge in [0.2, 0.25) is 6.41 Å². The lowest BCUT2D eigenvalue weighted by Gasteiger charge is -2.09. The number of Topliss-reactive ketones (excluding diaryl/α,β-unsaturated/α-hetero) is 1. The molecule has 18 heavy (non-hydrogen) atoms. The highest BCUT2D eigenvalue weighted by Crippen LogP contribution is 2.22. The summed E-state index contributed by atoms with van der Waals surface area (Å²) in [4.78, 5) is 32.7. The average Bonchev–Trinajstić information content (AvgIpc) is 2.31. The van der Waals surface area contributed by atoms with Crippen LogP contribution in [0.25, 0.3) is 0 Å². The fourth-order valence-corrected chi connectivity index (χ4v) is 1.35. The van der Waals surface area contributed by atoms with Gasteiger partial charge in [0.1, 0.15) is 11.8 Å². The summed E-state index contributed by atoms with van der Waals surface area (Å²) in [5.41, 5.74) is 5.44. The van der Waals surface area contributed by atoms with Crippen LogP contribution in [0.1, 0.15) is 16.8 Å². The zero-order valence-corrected chi connectivity index (χ0v) is 9.29. The van der Waals surface area contributed by atoms with Crippen molar-refractivity contribution in [3.8, 4) is 5.75 Å². The monoisotopic (exact) mass is 252 g/mol. The van der Waals surface area contributed by atoms with Gasteiger partial charge in [-0.3, -0.25) is 14.4 Å². The number of carbonyl (C=O) groups is 3. The summed E-state index contributed by atoms with van der Waals surface area (Å²) >= 11 is 0. The molecule has 1 aromatic carbocycles. The number of ketones is 1. The van der Waals surface area contributed by atoms with Crippen LogP contribution in [0.4, 0.5) is 5.69 Å². The predicted molar refractivity (Wildman–Crippen MR) is 62.4 cm³/mol.